The van der Waals surface area contributed by atoms with Gasteiger partial charge >= 0.3 is 0 Å². The third kappa shape index (κ3) is 3.47. The summed E-state index contributed by atoms with van der Waals surface area (Å²) in [6.07, 6.45) is 5.29. The molecule has 2 atom stereocenters. The van der Waals surface area contributed by atoms with E-state index in [1.54, 1.807) is 7.11 Å². The van der Waals surface area contributed by atoms with E-state index in [4.69, 9.17) is 4.74 Å². The van der Waals surface area contributed by atoms with Gasteiger partial charge in [-0.1, -0.05) is 31.0 Å². The summed E-state index contributed by atoms with van der Waals surface area (Å²) in [6.45, 7) is 1.07. The summed E-state index contributed by atoms with van der Waals surface area (Å²) in [4.78, 5) is 0. The van der Waals surface area contributed by atoms with Crippen LogP contribution in [0.25, 0.3) is 0 Å². The van der Waals surface area contributed by atoms with Gasteiger partial charge in [0, 0.05) is 11.6 Å². The van der Waals surface area contributed by atoms with E-state index in [1.807, 2.05) is 24.3 Å². The van der Waals surface area contributed by atoms with Gasteiger partial charge in [0.15, 0.2) is 0 Å². The number of aliphatic hydroxyl groups is 1. The van der Waals surface area contributed by atoms with E-state index in [-0.39, 0.29) is 0 Å². The van der Waals surface area contributed by atoms with Gasteiger partial charge in [0.1, 0.15) is 5.75 Å². The topological polar surface area (TPSA) is 41.5 Å². The molecule has 18 heavy (non-hydrogen) atoms. The first-order chi connectivity index (χ1) is 8.81. The van der Waals surface area contributed by atoms with Crippen molar-refractivity contribution in [2.24, 2.45) is 0 Å². The zero-order chi connectivity index (χ0) is 12.8. The molecule has 3 nitrogen and oxygen atoms in total. The Bertz CT molecular complexity index is 359. The summed E-state index contributed by atoms with van der Waals surface area (Å²) in [6, 6.07) is 8.15. The van der Waals surface area contributed by atoms with Crippen molar-refractivity contribution in [1.29, 1.82) is 0 Å². The normalized spacial score (nSPS) is 22.2. The zero-order valence-corrected chi connectivity index (χ0v) is 11.1. The zero-order valence-electron chi connectivity index (χ0n) is 11.1. The molecule has 1 aromatic rings. The van der Waals surface area contributed by atoms with Crippen LogP contribution in [-0.2, 0) is 0 Å². The smallest absolute Gasteiger partial charge is 0.124 e. The second-order valence-corrected chi connectivity index (χ2v) is 4.99. The maximum absolute atomic E-state index is 10.4. The number of rotatable bonds is 4. The maximum atomic E-state index is 10.4. The summed E-state index contributed by atoms with van der Waals surface area (Å²) in [5.41, 5.74) is 0.894. The minimum atomic E-state index is -0.447. The van der Waals surface area contributed by atoms with E-state index in [2.05, 4.69) is 5.32 Å². The van der Waals surface area contributed by atoms with E-state index < -0.39 is 6.10 Å². The second-order valence-electron chi connectivity index (χ2n) is 4.99. The van der Waals surface area contributed by atoms with E-state index >= 15 is 0 Å². The molecule has 1 aliphatic heterocycles. The van der Waals surface area contributed by atoms with Gasteiger partial charge in [0.05, 0.1) is 13.2 Å². The molecule has 1 aromatic carbocycles. The molecular formula is C15H23NO2. The van der Waals surface area contributed by atoms with Crippen LogP contribution in [0.3, 0.4) is 0 Å². The standard InChI is InChI=1S/C15H23NO2/c1-18-15-9-5-4-8-13(15)14(17)11-12-7-3-2-6-10-16-12/h4-5,8-9,12,14,16-17H,2-3,6-7,10-11H2,1H3. The summed E-state index contributed by atoms with van der Waals surface area (Å²) >= 11 is 0. The van der Waals surface area contributed by atoms with Crippen LogP contribution in [0.15, 0.2) is 24.3 Å². The number of aliphatic hydroxyl groups excluding tert-OH is 1. The fraction of sp³-hybridized carbons (Fsp3) is 0.600. The fourth-order valence-electron chi connectivity index (χ4n) is 2.64. The van der Waals surface area contributed by atoms with Crippen LogP contribution in [-0.4, -0.2) is 24.8 Å². The molecule has 3 heteroatoms. The van der Waals surface area contributed by atoms with Crippen LogP contribution in [0.4, 0.5) is 0 Å². The molecule has 0 amide bonds. The Morgan fingerprint density at radius 1 is 1.33 bits per heavy atom. The predicted molar refractivity (Wildman–Crippen MR) is 72.8 cm³/mol. The molecule has 1 heterocycles. The molecule has 2 N–H and O–H groups in total. The van der Waals surface area contributed by atoms with Crippen LogP contribution in [0.2, 0.25) is 0 Å². The largest absolute Gasteiger partial charge is 0.496 e. The van der Waals surface area contributed by atoms with Crippen molar-refractivity contribution < 1.29 is 9.84 Å². The molecule has 0 spiro atoms. The van der Waals surface area contributed by atoms with Gasteiger partial charge in [0.25, 0.3) is 0 Å². The Labute approximate surface area is 109 Å². The minimum Gasteiger partial charge on any atom is -0.496 e. The molecule has 2 unspecified atom stereocenters. The third-order valence-electron chi connectivity index (χ3n) is 3.67. The number of methoxy groups -OCH3 is 1. The van der Waals surface area contributed by atoms with Crippen LogP contribution in [0, 0.1) is 0 Å². The maximum Gasteiger partial charge on any atom is 0.124 e. The highest BCUT2D eigenvalue weighted by Crippen LogP contribution is 2.28. The predicted octanol–water partition coefficient (Wildman–Crippen LogP) is 2.65. The quantitative estimate of drug-likeness (QED) is 0.862. The van der Waals surface area contributed by atoms with Crippen molar-refractivity contribution in [1.82, 2.24) is 5.32 Å². The van der Waals surface area contributed by atoms with Gasteiger partial charge < -0.3 is 15.2 Å². The first kappa shape index (κ1) is 13.4. The summed E-state index contributed by atoms with van der Waals surface area (Å²) in [5, 5.41) is 13.9. The first-order valence-corrected chi connectivity index (χ1v) is 6.85. The van der Waals surface area contributed by atoms with Gasteiger partial charge in [-0.15, -0.1) is 0 Å². The van der Waals surface area contributed by atoms with Gasteiger partial charge in [-0.25, -0.2) is 0 Å². The molecule has 1 fully saturated rings. The molecule has 1 saturated heterocycles. The molecular weight excluding hydrogens is 226 g/mol. The summed E-state index contributed by atoms with van der Waals surface area (Å²) < 4.78 is 5.30. The molecule has 0 radical (unpaired) electrons. The van der Waals surface area contributed by atoms with Crippen LogP contribution in [0.5, 0.6) is 5.75 Å². The van der Waals surface area contributed by atoms with Gasteiger partial charge in [-0.2, -0.15) is 0 Å². The fourth-order valence-corrected chi connectivity index (χ4v) is 2.64. The lowest BCUT2D eigenvalue weighted by Gasteiger charge is -2.21. The van der Waals surface area contributed by atoms with Crippen molar-refractivity contribution in [2.45, 2.75) is 44.2 Å². The highest BCUT2D eigenvalue weighted by Gasteiger charge is 2.19. The van der Waals surface area contributed by atoms with Gasteiger partial charge in [-0.05, 0) is 31.9 Å². The molecule has 0 aromatic heterocycles. The van der Waals surface area contributed by atoms with Crippen LogP contribution >= 0.6 is 0 Å². The van der Waals surface area contributed by atoms with Gasteiger partial charge in [0.2, 0.25) is 0 Å². The molecule has 100 valence electrons. The summed E-state index contributed by atoms with van der Waals surface area (Å²) in [7, 11) is 1.65. The number of para-hydroxylation sites is 1. The highest BCUT2D eigenvalue weighted by molar-refractivity contribution is 5.35. The Morgan fingerprint density at radius 2 is 2.17 bits per heavy atom. The molecule has 0 bridgehead atoms. The van der Waals surface area contributed by atoms with Crippen molar-refractivity contribution in [3.8, 4) is 5.75 Å². The first-order valence-electron chi connectivity index (χ1n) is 6.85. The van der Waals surface area contributed by atoms with E-state index in [1.165, 1.54) is 19.3 Å². The van der Waals surface area contributed by atoms with E-state index in [9.17, 15) is 5.11 Å². The van der Waals surface area contributed by atoms with E-state index in [0.717, 1.165) is 30.7 Å². The van der Waals surface area contributed by atoms with Crippen LogP contribution in [0.1, 0.15) is 43.8 Å². The second kappa shape index (κ2) is 6.76. The van der Waals surface area contributed by atoms with Crippen molar-refractivity contribution in [2.75, 3.05) is 13.7 Å². The van der Waals surface area contributed by atoms with Crippen molar-refractivity contribution in [3.63, 3.8) is 0 Å². The Kier molecular flexibility index (Phi) is 5.02. The van der Waals surface area contributed by atoms with Crippen LogP contribution < -0.4 is 10.1 Å². The third-order valence-corrected chi connectivity index (χ3v) is 3.67. The van der Waals surface area contributed by atoms with Crippen molar-refractivity contribution in [3.05, 3.63) is 29.8 Å². The number of benzene rings is 1. The Hall–Kier alpha value is -1.06. The SMILES string of the molecule is COc1ccccc1C(O)CC1CCCCCN1. The average molecular weight is 249 g/mol. The number of ether oxygens (including phenoxy) is 1. The lowest BCUT2D eigenvalue weighted by molar-refractivity contribution is 0.147. The Morgan fingerprint density at radius 3 is 3.00 bits per heavy atom. The number of nitrogens with one attached hydrogen (secondary N) is 1. The summed E-state index contributed by atoms with van der Waals surface area (Å²) in [5.74, 6) is 0.777. The van der Waals surface area contributed by atoms with Gasteiger partial charge in [-0.3, -0.25) is 0 Å². The number of hydrogen-bond acceptors (Lipinski definition) is 3. The monoisotopic (exact) mass is 249 g/mol. The Balaban J connectivity index is 1.99. The lowest BCUT2D eigenvalue weighted by Crippen LogP contribution is -2.30. The van der Waals surface area contributed by atoms with E-state index in [0.29, 0.717) is 6.04 Å². The number of hydrogen-bond donors (Lipinski definition) is 2. The molecule has 2 rings (SSSR count). The lowest BCUT2D eigenvalue weighted by atomic mass is 9.98. The molecule has 1 aliphatic rings. The van der Waals surface area contributed by atoms with Crippen molar-refractivity contribution >= 4 is 0 Å². The minimum absolute atomic E-state index is 0.424. The molecule has 0 saturated carbocycles. The highest BCUT2D eigenvalue weighted by atomic mass is 16.5. The molecule has 0 aliphatic carbocycles. The average Bonchev–Trinajstić information content (AvgIpc) is 2.67.